The highest BCUT2D eigenvalue weighted by Gasteiger charge is 2.22. The lowest BCUT2D eigenvalue weighted by Crippen LogP contribution is -2.19. The molecule has 3 rings (SSSR count). The summed E-state index contributed by atoms with van der Waals surface area (Å²) in [6.45, 7) is 4.60. The van der Waals surface area contributed by atoms with Crippen LogP contribution in [0.4, 0.5) is 4.39 Å². The highest BCUT2D eigenvalue weighted by atomic mass is 19.1. The highest BCUT2D eigenvalue weighted by Crippen LogP contribution is 2.35. The molecule has 4 heteroatoms. The van der Waals surface area contributed by atoms with Crippen molar-refractivity contribution in [3.63, 3.8) is 0 Å². The van der Waals surface area contributed by atoms with Crippen molar-refractivity contribution in [3.8, 4) is 11.5 Å². The summed E-state index contributed by atoms with van der Waals surface area (Å²) in [5, 5.41) is 3.36. The van der Waals surface area contributed by atoms with E-state index in [1.54, 1.807) is 19.2 Å². The first-order valence-corrected chi connectivity index (χ1v) is 7.92. The summed E-state index contributed by atoms with van der Waals surface area (Å²) in [4.78, 5) is 0. The number of methoxy groups -OCH3 is 1. The molecule has 1 N–H and O–H groups in total. The molecule has 0 amide bonds. The summed E-state index contributed by atoms with van der Waals surface area (Å²) in [6, 6.07) is 10.8. The molecule has 2 unspecified atom stereocenters. The molecule has 0 aromatic heterocycles. The molecule has 0 saturated carbocycles. The average molecular weight is 315 g/mol. The van der Waals surface area contributed by atoms with Crippen LogP contribution in [0.3, 0.4) is 0 Å². The third-order valence-electron chi connectivity index (χ3n) is 4.27. The Labute approximate surface area is 136 Å². The first-order chi connectivity index (χ1) is 11.1. The van der Waals surface area contributed by atoms with Crippen molar-refractivity contribution in [1.82, 2.24) is 5.32 Å². The molecule has 122 valence electrons. The number of nitrogens with one attached hydrogen (secondary N) is 1. The van der Waals surface area contributed by atoms with E-state index in [4.69, 9.17) is 9.47 Å². The Morgan fingerprint density at radius 3 is 2.87 bits per heavy atom. The number of rotatable bonds is 5. The van der Waals surface area contributed by atoms with Crippen LogP contribution in [0.25, 0.3) is 0 Å². The van der Waals surface area contributed by atoms with E-state index in [2.05, 4.69) is 12.2 Å². The number of ether oxygens (including phenoxy) is 2. The number of halogens is 1. The van der Waals surface area contributed by atoms with Crippen LogP contribution < -0.4 is 14.8 Å². The average Bonchev–Trinajstić information content (AvgIpc) is 2.90. The normalized spacial score (nSPS) is 17.5. The SMILES string of the molecule is COc1cc2c(cc1CNC(C)c1ccccc1F)OC(C)C2. The van der Waals surface area contributed by atoms with E-state index < -0.39 is 0 Å². The highest BCUT2D eigenvalue weighted by molar-refractivity contribution is 5.48. The van der Waals surface area contributed by atoms with Crippen LogP contribution >= 0.6 is 0 Å². The van der Waals surface area contributed by atoms with E-state index in [0.29, 0.717) is 12.1 Å². The van der Waals surface area contributed by atoms with E-state index in [-0.39, 0.29) is 18.0 Å². The zero-order chi connectivity index (χ0) is 16.4. The van der Waals surface area contributed by atoms with Crippen molar-refractivity contribution in [2.45, 2.75) is 39.0 Å². The number of benzene rings is 2. The summed E-state index contributed by atoms with van der Waals surface area (Å²) in [6.07, 6.45) is 1.11. The van der Waals surface area contributed by atoms with Gasteiger partial charge in [-0.1, -0.05) is 18.2 Å². The van der Waals surface area contributed by atoms with Crippen molar-refractivity contribution < 1.29 is 13.9 Å². The van der Waals surface area contributed by atoms with Crippen molar-refractivity contribution in [1.29, 1.82) is 0 Å². The Kier molecular flexibility index (Phi) is 4.53. The minimum absolute atomic E-state index is 0.0889. The fraction of sp³-hybridized carbons (Fsp3) is 0.368. The Bertz CT molecular complexity index is 702. The molecule has 0 bridgehead atoms. The lowest BCUT2D eigenvalue weighted by molar-refractivity contribution is 0.254. The molecule has 1 heterocycles. The van der Waals surface area contributed by atoms with Gasteiger partial charge in [0.15, 0.2) is 0 Å². The monoisotopic (exact) mass is 315 g/mol. The quantitative estimate of drug-likeness (QED) is 0.904. The standard InChI is InChI=1S/C19H22FNO2/c1-12-8-14-9-18(22-3)15(10-19(14)23-12)11-21-13(2)16-6-4-5-7-17(16)20/h4-7,9-10,12-13,21H,8,11H2,1-3H3. The van der Waals surface area contributed by atoms with E-state index in [1.807, 2.05) is 25.1 Å². The molecule has 23 heavy (non-hydrogen) atoms. The molecule has 0 aliphatic carbocycles. The zero-order valence-electron chi connectivity index (χ0n) is 13.7. The van der Waals surface area contributed by atoms with Gasteiger partial charge in [0.05, 0.1) is 7.11 Å². The van der Waals surface area contributed by atoms with E-state index in [0.717, 1.165) is 23.5 Å². The zero-order valence-corrected chi connectivity index (χ0v) is 13.7. The van der Waals surface area contributed by atoms with Gasteiger partial charge in [0.25, 0.3) is 0 Å². The second-order valence-electron chi connectivity index (χ2n) is 6.03. The van der Waals surface area contributed by atoms with Crippen molar-refractivity contribution in [3.05, 3.63) is 58.9 Å². The van der Waals surface area contributed by atoms with Gasteiger partial charge in [-0.25, -0.2) is 4.39 Å². The largest absolute Gasteiger partial charge is 0.496 e. The molecule has 0 radical (unpaired) electrons. The molecule has 2 aromatic carbocycles. The predicted octanol–water partition coefficient (Wildman–Crippen LogP) is 4.01. The van der Waals surface area contributed by atoms with Crippen LogP contribution in [0, 0.1) is 5.82 Å². The lowest BCUT2D eigenvalue weighted by atomic mass is 10.0. The van der Waals surface area contributed by atoms with Gasteiger partial charge in [0.1, 0.15) is 23.4 Å². The second kappa shape index (κ2) is 6.59. The fourth-order valence-electron chi connectivity index (χ4n) is 3.01. The van der Waals surface area contributed by atoms with Crippen LogP contribution in [0.1, 0.15) is 36.6 Å². The van der Waals surface area contributed by atoms with Gasteiger partial charge in [-0.3, -0.25) is 0 Å². The maximum Gasteiger partial charge on any atom is 0.127 e. The van der Waals surface area contributed by atoms with Crippen LogP contribution in [-0.4, -0.2) is 13.2 Å². The molecule has 2 aromatic rings. The molecule has 1 aliphatic rings. The summed E-state index contributed by atoms with van der Waals surface area (Å²) in [7, 11) is 1.67. The minimum Gasteiger partial charge on any atom is -0.496 e. The van der Waals surface area contributed by atoms with E-state index >= 15 is 0 Å². The molecule has 2 atom stereocenters. The van der Waals surface area contributed by atoms with Crippen molar-refractivity contribution >= 4 is 0 Å². The summed E-state index contributed by atoms with van der Waals surface area (Å²) < 4.78 is 25.2. The lowest BCUT2D eigenvalue weighted by Gasteiger charge is -2.17. The Morgan fingerprint density at radius 2 is 2.13 bits per heavy atom. The molecule has 0 spiro atoms. The summed E-state index contributed by atoms with van der Waals surface area (Å²) in [5.41, 5.74) is 2.86. The van der Waals surface area contributed by atoms with E-state index in [1.165, 1.54) is 11.6 Å². The van der Waals surface area contributed by atoms with Crippen LogP contribution in [-0.2, 0) is 13.0 Å². The van der Waals surface area contributed by atoms with Gasteiger partial charge in [-0.2, -0.15) is 0 Å². The topological polar surface area (TPSA) is 30.5 Å². The van der Waals surface area contributed by atoms with Gasteiger partial charge in [-0.15, -0.1) is 0 Å². The number of hydrogen-bond donors (Lipinski definition) is 1. The van der Waals surface area contributed by atoms with Gasteiger partial charge >= 0.3 is 0 Å². The Hall–Kier alpha value is -2.07. The molecular formula is C19H22FNO2. The first-order valence-electron chi connectivity index (χ1n) is 7.92. The molecule has 0 fully saturated rings. The molecule has 0 saturated heterocycles. The number of hydrogen-bond acceptors (Lipinski definition) is 3. The first kappa shape index (κ1) is 15.8. The van der Waals surface area contributed by atoms with Crippen molar-refractivity contribution in [2.75, 3.05) is 7.11 Å². The summed E-state index contributed by atoms with van der Waals surface area (Å²) >= 11 is 0. The third-order valence-corrected chi connectivity index (χ3v) is 4.27. The summed E-state index contributed by atoms with van der Waals surface area (Å²) in [5.74, 6) is 1.58. The maximum absolute atomic E-state index is 13.8. The predicted molar refractivity (Wildman–Crippen MR) is 88.4 cm³/mol. The molecule has 1 aliphatic heterocycles. The Balaban J connectivity index is 1.76. The van der Waals surface area contributed by atoms with Crippen LogP contribution in [0.5, 0.6) is 11.5 Å². The second-order valence-corrected chi connectivity index (χ2v) is 6.03. The van der Waals surface area contributed by atoms with Crippen LogP contribution in [0.15, 0.2) is 36.4 Å². The minimum atomic E-state index is -0.189. The Morgan fingerprint density at radius 1 is 1.35 bits per heavy atom. The number of fused-ring (bicyclic) bond motifs is 1. The van der Waals surface area contributed by atoms with Gasteiger partial charge in [0, 0.05) is 35.7 Å². The fourth-order valence-corrected chi connectivity index (χ4v) is 3.01. The van der Waals surface area contributed by atoms with Gasteiger partial charge < -0.3 is 14.8 Å². The molecule has 3 nitrogen and oxygen atoms in total. The maximum atomic E-state index is 13.8. The van der Waals surface area contributed by atoms with Gasteiger partial charge in [0.2, 0.25) is 0 Å². The molecular weight excluding hydrogens is 293 g/mol. The van der Waals surface area contributed by atoms with Crippen molar-refractivity contribution in [2.24, 2.45) is 0 Å². The third kappa shape index (κ3) is 3.32. The van der Waals surface area contributed by atoms with E-state index in [9.17, 15) is 4.39 Å². The smallest absolute Gasteiger partial charge is 0.127 e. The van der Waals surface area contributed by atoms with Gasteiger partial charge in [-0.05, 0) is 32.0 Å². The van der Waals surface area contributed by atoms with Crippen LogP contribution in [0.2, 0.25) is 0 Å².